The maximum Gasteiger partial charge on any atom is 0.214 e. The Balaban J connectivity index is 1.89. The molecule has 2 heterocycles. The van der Waals surface area contributed by atoms with Gasteiger partial charge in [-0.2, -0.15) is 4.31 Å². The Morgan fingerprint density at radius 3 is 2.85 bits per heavy atom. The molecule has 3 rings (SSSR count). The third-order valence-electron chi connectivity index (χ3n) is 4.07. The molecule has 0 spiro atoms. The van der Waals surface area contributed by atoms with Gasteiger partial charge in [-0.3, -0.25) is 0 Å². The Kier molecular flexibility index (Phi) is 3.69. The van der Waals surface area contributed by atoms with Gasteiger partial charge in [0.25, 0.3) is 0 Å². The van der Waals surface area contributed by atoms with E-state index in [0.29, 0.717) is 13.1 Å². The van der Waals surface area contributed by atoms with Gasteiger partial charge in [0.05, 0.1) is 5.75 Å². The molecule has 1 aliphatic carbocycles. The third kappa shape index (κ3) is 2.81. The molecule has 0 amide bonds. The fourth-order valence-electron chi connectivity index (χ4n) is 2.66. The summed E-state index contributed by atoms with van der Waals surface area (Å²) >= 11 is 0. The molecule has 1 saturated carbocycles. The minimum Gasteiger partial charge on any atom is -0.355 e. The van der Waals surface area contributed by atoms with Crippen LogP contribution in [0, 0.1) is 5.92 Å². The minimum absolute atomic E-state index is 0.158. The standard InChI is InChI=1S/C14H21N3O2S/c1-2-20(18,19)17-9-8-16(10-12-5-6-12)14-13(11-17)4-3-7-15-14/h3-4,7,12H,2,5-6,8-11H2,1H3. The van der Waals surface area contributed by atoms with Crippen LogP contribution in [0.5, 0.6) is 0 Å². The van der Waals surface area contributed by atoms with Crippen LogP contribution in [0.15, 0.2) is 18.3 Å². The van der Waals surface area contributed by atoms with E-state index in [1.165, 1.54) is 12.8 Å². The van der Waals surface area contributed by atoms with Gasteiger partial charge in [-0.15, -0.1) is 0 Å². The van der Waals surface area contributed by atoms with Crippen molar-refractivity contribution < 1.29 is 8.42 Å². The quantitative estimate of drug-likeness (QED) is 0.844. The van der Waals surface area contributed by atoms with Gasteiger partial charge in [0.15, 0.2) is 0 Å². The van der Waals surface area contributed by atoms with Crippen LogP contribution < -0.4 is 4.90 Å². The van der Waals surface area contributed by atoms with Crippen molar-refractivity contribution in [2.75, 3.05) is 30.3 Å². The molecule has 1 fully saturated rings. The average Bonchev–Trinajstić information content (AvgIpc) is 3.27. The Bertz CT molecular complexity index is 584. The first-order chi connectivity index (χ1) is 9.60. The van der Waals surface area contributed by atoms with Gasteiger partial charge >= 0.3 is 0 Å². The lowest BCUT2D eigenvalue weighted by Crippen LogP contribution is -2.36. The van der Waals surface area contributed by atoms with Crippen molar-refractivity contribution in [2.45, 2.75) is 26.3 Å². The van der Waals surface area contributed by atoms with Crippen molar-refractivity contribution in [3.8, 4) is 0 Å². The molecule has 0 radical (unpaired) electrons. The van der Waals surface area contributed by atoms with Crippen molar-refractivity contribution in [1.29, 1.82) is 0 Å². The van der Waals surface area contributed by atoms with Gasteiger partial charge in [0.1, 0.15) is 5.82 Å². The Hall–Kier alpha value is -1.14. The molecular weight excluding hydrogens is 274 g/mol. The van der Waals surface area contributed by atoms with Crippen molar-refractivity contribution in [2.24, 2.45) is 5.92 Å². The number of nitrogens with zero attached hydrogens (tertiary/aromatic N) is 3. The number of fused-ring (bicyclic) bond motifs is 1. The van der Waals surface area contributed by atoms with E-state index < -0.39 is 10.0 Å². The summed E-state index contributed by atoms with van der Waals surface area (Å²) in [6.45, 7) is 4.44. The molecule has 6 heteroatoms. The van der Waals surface area contributed by atoms with E-state index in [9.17, 15) is 8.42 Å². The van der Waals surface area contributed by atoms with E-state index in [-0.39, 0.29) is 5.75 Å². The summed E-state index contributed by atoms with van der Waals surface area (Å²) < 4.78 is 25.9. The molecule has 110 valence electrons. The van der Waals surface area contributed by atoms with Crippen molar-refractivity contribution >= 4 is 15.8 Å². The molecule has 0 N–H and O–H groups in total. The van der Waals surface area contributed by atoms with E-state index in [4.69, 9.17) is 0 Å². The van der Waals surface area contributed by atoms with Gasteiger partial charge in [-0.25, -0.2) is 13.4 Å². The average molecular weight is 295 g/mol. The first-order valence-corrected chi connectivity index (χ1v) is 8.87. The summed E-state index contributed by atoms with van der Waals surface area (Å²) in [5, 5.41) is 0. The first kappa shape index (κ1) is 13.8. The number of sulfonamides is 1. The number of anilines is 1. The fraction of sp³-hybridized carbons (Fsp3) is 0.643. The van der Waals surface area contributed by atoms with E-state index in [2.05, 4.69) is 9.88 Å². The van der Waals surface area contributed by atoms with Gasteiger partial charge in [-0.1, -0.05) is 6.07 Å². The summed E-state index contributed by atoms with van der Waals surface area (Å²) in [5.74, 6) is 1.89. The topological polar surface area (TPSA) is 53.5 Å². The molecule has 0 atom stereocenters. The van der Waals surface area contributed by atoms with Crippen LogP contribution in [0.1, 0.15) is 25.3 Å². The van der Waals surface area contributed by atoms with E-state index in [0.717, 1.165) is 30.4 Å². The lowest BCUT2D eigenvalue weighted by molar-refractivity contribution is 0.419. The summed E-state index contributed by atoms with van der Waals surface area (Å²) in [6, 6.07) is 3.88. The Morgan fingerprint density at radius 1 is 1.35 bits per heavy atom. The third-order valence-corrected chi connectivity index (χ3v) is 5.89. The largest absolute Gasteiger partial charge is 0.355 e. The maximum absolute atomic E-state index is 12.1. The van der Waals surface area contributed by atoms with Gasteiger partial charge < -0.3 is 4.90 Å². The van der Waals surface area contributed by atoms with Gasteiger partial charge in [0.2, 0.25) is 10.0 Å². The monoisotopic (exact) mass is 295 g/mol. The number of rotatable bonds is 4. The van der Waals surface area contributed by atoms with Gasteiger partial charge in [0, 0.05) is 37.9 Å². The van der Waals surface area contributed by atoms with Crippen LogP contribution in [0.3, 0.4) is 0 Å². The van der Waals surface area contributed by atoms with E-state index >= 15 is 0 Å². The number of aromatic nitrogens is 1. The SMILES string of the molecule is CCS(=O)(=O)N1CCN(CC2CC2)c2ncccc2C1. The van der Waals surface area contributed by atoms with Crippen LogP contribution in [-0.2, 0) is 16.6 Å². The minimum atomic E-state index is -3.14. The molecule has 1 aliphatic heterocycles. The number of hydrogen-bond acceptors (Lipinski definition) is 4. The Labute approximate surface area is 120 Å². The summed E-state index contributed by atoms with van der Waals surface area (Å²) in [5.41, 5.74) is 1.02. The van der Waals surface area contributed by atoms with E-state index in [1.807, 2.05) is 12.1 Å². The predicted molar refractivity (Wildman–Crippen MR) is 79.0 cm³/mol. The van der Waals surface area contributed by atoms with Crippen molar-refractivity contribution in [1.82, 2.24) is 9.29 Å². The summed E-state index contributed by atoms with van der Waals surface area (Å²) in [6.07, 6.45) is 4.37. The normalized spacial score (nSPS) is 20.6. The molecule has 0 bridgehead atoms. The molecule has 0 saturated heterocycles. The van der Waals surface area contributed by atoms with Crippen molar-refractivity contribution in [3.63, 3.8) is 0 Å². The van der Waals surface area contributed by atoms with Crippen LogP contribution in [0.25, 0.3) is 0 Å². The second-order valence-electron chi connectivity index (χ2n) is 5.61. The predicted octanol–water partition coefficient (Wildman–Crippen LogP) is 1.46. The zero-order chi connectivity index (χ0) is 14.2. The molecular formula is C14H21N3O2S. The highest BCUT2D eigenvalue weighted by Crippen LogP contribution is 2.33. The van der Waals surface area contributed by atoms with Crippen LogP contribution in [0.4, 0.5) is 5.82 Å². The second-order valence-corrected chi connectivity index (χ2v) is 7.87. The number of pyridine rings is 1. The molecule has 1 aromatic rings. The lowest BCUT2D eigenvalue weighted by Gasteiger charge is -2.23. The van der Waals surface area contributed by atoms with Crippen molar-refractivity contribution in [3.05, 3.63) is 23.9 Å². The van der Waals surface area contributed by atoms with Crippen LogP contribution in [0.2, 0.25) is 0 Å². The lowest BCUT2D eigenvalue weighted by atomic mass is 10.2. The first-order valence-electron chi connectivity index (χ1n) is 7.27. The molecule has 0 aromatic carbocycles. The highest BCUT2D eigenvalue weighted by atomic mass is 32.2. The molecule has 0 unspecified atom stereocenters. The van der Waals surface area contributed by atoms with E-state index in [1.54, 1.807) is 17.4 Å². The summed E-state index contributed by atoms with van der Waals surface area (Å²) in [4.78, 5) is 6.75. The van der Waals surface area contributed by atoms with Crippen LogP contribution >= 0.6 is 0 Å². The zero-order valence-electron chi connectivity index (χ0n) is 11.8. The fourth-order valence-corrected chi connectivity index (χ4v) is 3.72. The maximum atomic E-state index is 12.1. The van der Waals surface area contributed by atoms with Gasteiger partial charge in [-0.05, 0) is 31.7 Å². The molecule has 20 heavy (non-hydrogen) atoms. The smallest absolute Gasteiger partial charge is 0.214 e. The molecule has 1 aromatic heterocycles. The Morgan fingerprint density at radius 2 is 2.15 bits per heavy atom. The molecule has 5 nitrogen and oxygen atoms in total. The molecule has 2 aliphatic rings. The number of hydrogen-bond donors (Lipinski definition) is 0. The second kappa shape index (κ2) is 5.33. The summed E-state index contributed by atoms with van der Waals surface area (Å²) in [7, 11) is -3.14. The highest BCUT2D eigenvalue weighted by Gasteiger charge is 2.30. The zero-order valence-corrected chi connectivity index (χ0v) is 12.6. The van der Waals surface area contributed by atoms with Crippen LogP contribution in [-0.4, -0.2) is 43.1 Å². The highest BCUT2D eigenvalue weighted by molar-refractivity contribution is 7.89.